The number of carbonyl (C=O) groups is 1. The number of nitrogens with zero attached hydrogens (tertiary/aromatic N) is 2. The fourth-order valence-electron chi connectivity index (χ4n) is 0.994. The highest BCUT2D eigenvalue weighted by Crippen LogP contribution is 1.96. The first-order valence-electron chi connectivity index (χ1n) is 3.96. The molecule has 5 nitrogen and oxygen atoms in total. The third-order valence-electron chi connectivity index (χ3n) is 1.65. The van der Waals surface area contributed by atoms with Gasteiger partial charge in [0.25, 0.3) is 0 Å². The minimum absolute atomic E-state index is 0. The number of hydrogen-bond acceptors (Lipinski definition) is 4. The van der Waals surface area contributed by atoms with Crippen LogP contribution in [0.25, 0.3) is 0 Å². The van der Waals surface area contributed by atoms with Gasteiger partial charge in [-0.25, -0.2) is 0 Å². The van der Waals surface area contributed by atoms with E-state index in [1.165, 1.54) is 7.11 Å². The molecular weight excluding hydrogens is 206 g/mol. The van der Waals surface area contributed by atoms with Gasteiger partial charge < -0.3 is 10.5 Å². The molecule has 1 heterocycles. The predicted molar refractivity (Wildman–Crippen MR) is 54.2 cm³/mol. The first-order chi connectivity index (χ1) is 6.13. The molecule has 0 aliphatic rings. The standard InChI is InChI=1S/C8H13N3O2.ClH/c1-6-3-10-11(4-6)5-7(9)8(12)13-2;/h3-4,7H,5,9H2,1-2H3;1H. The van der Waals surface area contributed by atoms with Gasteiger partial charge in [-0.1, -0.05) is 0 Å². The summed E-state index contributed by atoms with van der Waals surface area (Å²) in [5, 5.41) is 4.00. The second-order valence-electron chi connectivity index (χ2n) is 2.87. The minimum Gasteiger partial charge on any atom is -0.468 e. The molecule has 80 valence electrons. The zero-order valence-corrected chi connectivity index (χ0v) is 8.95. The van der Waals surface area contributed by atoms with Crippen molar-refractivity contribution in [3.8, 4) is 0 Å². The number of hydrogen-bond donors (Lipinski definition) is 1. The van der Waals surface area contributed by atoms with Gasteiger partial charge in [0.2, 0.25) is 0 Å². The average molecular weight is 220 g/mol. The zero-order valence-electron chi connectivity index (χ0n) is 8.14. The average Bonchev–Trinajstić information content (AvgIpc) is 2.49. The van der Waals surface area contributed by atoms with E-state index in [4.69, 9.17) is 5.73 Å². The lowest BCUT2D eigenvalue weighted by molar-refractivity contribution is -0.142. The van der Waals surface area contributed by atoms with Crippen molar-refractivity contribution in [2.24, 2.45) is 5.73 Å². The Kier molecular flexibility index (Phi) is 5.19. The predicted octanol–water partition coefficient (Wildman–Crippen LogP) is 0.114. The fraction of sp³-hybridized carbons (Fsp3) is 0.500. The van der Waals surface area contributed by atoms with Crippen molar-refractivity contribution >= 4 is 18.4 Å². The lowest BCUT2D eigenvalue weighted by Crippen LogP contribution is -2.35. The fourth-order valence-corrected chi connectivity index (χ4v) is 0.994. The van der Waals surface area contributed by atoms with Crippen LogP contribution in [0, 0.1) is 6.92 Å². The Labute approximate surface area is 88.6 Å². The molecule has 1 aromatic heterocycles. The molecule has 1 aromatic rings. The molecule has 0 aliphatic carbocycles. The van der Waals surface area contributed by atoms with Crippen LogP contribution in [0.1, 0.15) is 5.56 Å². The minimum atomic E-state index is -0.649. The van der Waals surface area contributed by atoms with Crippen LogP contribution in [0.3, 0.4) is 0 Å². The van der Waals surface area contributed by atoms with Crippen LogP contribution in [0.5, 0.6) is 0 Å². The van der Waals surface area contributed by atoms with Crippen LogP contribution < -0.4 is 5.73 Å². The van der Waals surface area contributed by atoms with Crippen LogP contribution in [-0.4, -0.2) is 28.9 Å². The first-order valence-corrected chi connectivity index (χ1v) is 3.96. The van der Waals surface area contributed by atoms with Crippen LogP contribution in [0.2, 0.25) is 0 Å². The van der Waals surface area contributed by atoms with Gasteiger partial charge in [0, 0.05) is 6.20 Å². The highest BCUT2D eigenvalue weighted by Gasteiger charge is 2.14. The molecule has 0 aliphatic heterocycles. The Morgan fingerprint density at radius 1 is 1.79 bits per heavy atom. The van der Waals surface area contributed by atoms with E-state index >= 15 is 0 Å². The highest BCUT2D eigenvalue weighted by atomic mass is 35.5. The molecule has 0 amide bonds. The third kappa shape index (κ3) is 3.35. The quantitative estimate of drug-likeness (QED) is 0.733. The maximum absolute atomic E-state index is 10.9. The van der Waals surface area contributed by atoms with E-state index in [0.717, 1.165) is 5.56 Å². The van der Waals surface area contributed by atoms with Gasteiger partial charge in [-0.2, -0.15) is 5.10 Å². The summed E-state index contributed by atoms with van der Waals surface area (Å²) in [6.07, 6.45) is 3.53. The number of aromatic nitrogens is 2. The normalized spacial score (nSPS) is 11.6. The van der Waals surface area contributed by atoms with Crippen molar-refractivity contribution < 1.29 is 9.53 Å². The van der Waals surface area contributed by atoms with Gasteiger partial charge in [0.1, 0.15) is 6.04 Å². The number of esters is 1. The molecule has 1 unspecified atom stereocenters. The van der Waals surface area contributed by atoms with Crippen LogP contribution in [-0.2, 0) is 16.1 Å². The summed E-state index contributed by atoms with van der Waals surface area (Å²) in [5.74, 6) is -0.423. The molecule has 1 rings (SSSR count). The Bertz CT molecular complexity index is 301. The largest absolute Gasteiger partial charge is 0.468 e. The Morgan fingerprint density at radius 2 is 2.43 bits per heavy atom. The lowest BCUT2D eigenvalue weighted by Gasteiger charge is -2.08. The van der Waals surface area contributed by atoms with Gasteiger partial charge in [-0.15, -0.1) is 12.4 Å². The van der Waals surface area contributed by atoms with Gasteiger partial charge in [-0.05, 0) is 12.5 Å². The number of aryl methyl sites for hydroxylation is 1. The lowest BCUT2D eigenvalue weighted by atomic mass is 10.3. The second-order valence-corrected chi connectivity index (χ2v) is 2.87. The summed E-state index contributed by atoms with van der Waals surface area (Å²) in [7, 11) is 1.32. The molecule has 0 bridgehead atoms. The van der Waals surface area contributed by atoms with Crippen molar-refractivity contribution in [1.29, 1.82) is 0 Å². The van der Waals surface area contributed by atoms with E-state index in [1.807, 2.05) is 13.1 Å². The van der Waals surface area contributed by atoms with Crippen molar-refractivity contribution in [3.05, 3.63) is 18.0 Å². The smallest absolute Gasteiger partial charge is 0.324 e. The molecule has 0 spiro atoms. The topological polar surface area (TPSA) is 70.1 Å². The Hall–Kier alpha value is -1.07. The summed E-state index contributed by atoms with van der Waals surface area (Å²) in [6.45, 7) is 2.27. The molecule has 0 saturated carbocycles. The van der Waals surface area contributed by atoms with Gasteiger partial charge >= 0.3 is 5.97 Å². The van der Waals surface area contributed by atoms with E-state index in [1.54, 1.807) is 10.9 Å². The first kappa shape index (κ1) is 12.9. The van der Waals surface area contributed by atoms with Crippen molar-refractivity contribution in [3.63, 3.8) is 0 Å². The Balaban J connectivity index is 0.00000169. The summed E-state index contributed by atoms with van der Waals surface area (Å²) >= 11 is 0. The molecule has 1 atom stereocenters. The molecular formula is C8H14ClN3O2. The SMILES string of the molecule is COC(=O)C(N)Cn1cc(C)cn1.Cl. The van der Waals surface area contributed by atoms with Gasteiger partial charge in [0.15, 0.2) is 0 Å². The van der Waals surface area contributed by atoms with Gasteiger partial charge in [-0.3, -0.25) is 9.48 Å². The third-order valence-corrected chi connectivity index (χ3v) is 1.65. The van der Waals surface area contributed by atoms with E-state index < -0.39 is 12.0 Å². The van der Waals surface area contributed by atoms with Crippen LogP contribution >= 0.6 is 12.4 Å². The molecule has 0 fully saturated rings. The van der Waals surface area contributed by atoms with Crippen LogP contribution in [0.4, 0.5) is 0 Å². The van der Waals surface area contributed by atoms with Crippen molar-refractivity contribution in [2.45, 2.75) is 19.5 Å². The van der Waals surface area contributed by atoms with Crippen molar-refractivity contribution in [2.75, 3.05) is 7.11 Å². The van der Waals surface area contributed by atoms with E-state index in [9.17, 15) is 4.79 Å². The zero-order chi connectivity index (χ0) is 9.84. The van der Waals surface area contributed by atoms with Gasteiger partial charge in [0.05, 0.1) is 19.9 Å². The highest BCUT2D eigenvalue weighted by molar-refractivity contribution is 5.85. The van der Waals surface area contributed by atoms with E-state index in [0.29, 0.717) is 6.54 Å². The number of halogens is 1. The van der Waals surface area contributed by atoms with E-state index in [-0.39, 0.29) is 12.4 Å². The summed E-state index contributed by atoms with van der Waals surface area (Å²) in [5.41, 5.74) is 6.57. The maximum atomic E-state index is 10.9. The number of rotatable bonds is 3. The monoisotopic (exact) mass is 219 g/mol. The Morgan fingerprint density at radius 3 is 2.86 bits per heavy atom. The summed E-state index contributed by atoms with van der Waals surface area (Å²) < 4.78 is 6.11. The molecule has 0 saturated heterocycles. The van der Waals surface area contributed by atoms with Crippen molar-refractivity contribution in [1.82, 2.24) is 9.78 Å². The number of methoxy groups -OCH3 is 1. The summed E-state index contributed by atoms with van der Waals surface area (Å²) in [6, 6.07) is -0.649. The molecule has 6 heteroatoms. The summed E-state index contributed by atoms with van der Waals surface area (Å²) in [4.78, 5) is 10.9. The van der Waals surface area contributed by atoms with Crippen LogP contribution in [0.15, 0.2) is 12.4 Å². The number of ether oxygens (including phenoxy) is 1. The molecule has 0 radical (unpaired) electrons. The molecule has 14 heavy (non-hydrogen) atoms. The number of carbonyl (C=O) groups excluding carboxylic acids is 1. The second kappa shape index (κ2) is 5.62. The maximum Gasteiger partial charge on any atom is 0.324 e. The molecule has 0 aromatic carbocycles. The molecule has 2 N–H and O–H groups in total. The van der Waals surface area contributed by atoms with E-state index in [2.05, 4.69) is 9.84 Å². The number of nitrogens with two attached hydrogens (primary N) is 1.